The first kappa shape index (κ1) is 12.0. The third-order valence-electron chi connectivity index (χ3n) is 3.25. The van der Waals surface area contributed by atoms with Gasteiger partial charge in [0.15, 0.2) is 0 Å². The first-order valence-electron chi connectivity index (χ1n) is 6.27. The molecule has 1 fully saturated rings. The molecule has 0 atom stereocenters. The number of rotatable bonds is 4. The fourth-order valence-electron chi connectivity index (χ4n) is 2.01. The highest BCUT2D eigenvalue weighted by Gasteiger charge is 2.34. The first-order chi connectivity index (χ1) is 9.15. The fraction of sp³-hybridized carbons (Fsp3) is 0.357. The molecule has 19 heavy (non-hydrogen) atoms. The van der Waals surface area contributed by atoms with Crippen molar-refractivity contribution in [1.82, 2.24) is 10.2 Å². The minimum absolute atomic E-state index is 0.163. The molecule has 2 aromatic rings. The number of H-pyrrole nitrogens is 1. The summed E-state index contributed by atoms with van der Waals surface area (Å²) in [6, 6.07) is 9.69. The fourth-order valence-corrected chi connectivity index (χ4v) is 2.01. The van der Waals surface area contributed by atoms with E-state index in [1.807, 2.05) is 30.3 Å². The van der Waals surface area contributed by atoms with Crippen LogP contribution in [0.5, 0.6) is 5.75 Å². The van der Waals surface area contributed by atoms with Gasteiger partial charge < -0.3 is 15.2 Å². The van der Waals surface area contributed by atoms with E-state index in [4.69, 9.17) is 15.2 Å². The Labute approximate surface area is 111 Å². The Morgan fingerprint density at radius 2 is 2.11 bits per heavy atom. The lowest BCUT2D eigenvalue weighted by atomic mass is 9.90. The summed E-state index contributed by atoms with van der Waals surface area (Å²) in [6.07, 6.45) is 0. The Morgan fingerprint density at radius 3 is 2.63 bits per heavy atom. The maximum absolute atomic E-state index is 5.78. The molecule has 1 aliphatic rings. The highest BCUT2D eigenvalue weighted by molar-refractivity contribution is 5.62. The maximum atomic E-state index is 5.78. The number of hydrogen-bond acceptors (Lipinski definition) is 4. The quantitative estimate of drug-likeness (QED) is 0.881. The summed E-state index contributed by atoms with van der Waals surface area (Å²) in [5, 5.41) is 6.79. The molecule has 5 nitrogen and oxygen atoms in total. The highest BCUT2D eigenvalue weighted by Crippen LogP contribution is 2.28. The van der Waals surface area contributed by atoms with Crippen LogP contribution in [0.25, 0.3) is 11.3 Å². The summed E-state index contributed by atoms with van der Waals surface area (Å²) in [5.74, 6) is 1.36. The third kappa shape index (κ3) is 2.56. The predicted octanol–water partition coefficient (Wildman–Crippen LogP) is 2.07. The van der Waals surface area contributed by atoms with Crippen molar-refractivity contribution in [2.45, 2.75) is 6.92 Å². The van der Waals surface area contributed by atoms with Crippen LogP contribution in [-0.2, 0) is 4.74 Å². The van der Waals surface area contributed by atoms with Crippen LogP contribution >= 0.6 is 0 Å². The van der Waals surface area contributed by atoms with Gasteiger partial charge in [0.05, 0.1) is 25.5 Å². The lowest BCUT2D eigenvalue weighted by molar-refractivity contribution is -0.120. The van der Waals surface area contributed by atoms with Crippen molar-refractivity contribution in [3.05, 3.63) is 30.3 Å². The molecule has 2 heterocycles. The monoisotopic (exact) mass is 259 g/mol. The number of anilines is 1. The van der Waals surface area contributed by atoms with E-state index in [2.05, 4.69) is 17.1 Å². The van der Waals surface area contributed by atoms with Crippen LogP contribution in [-0.4, -0.2) is 30.0 Å². The van der Waals surface area contributed by atoms with Crippen LogP contribution in [0.2, 0.25) is 0 Å². The Balaban J connectivity index is 1.65. The van der Waals surface area contributed by atoms with E-state index in [1.165, 1.54) is 0 Å². The van der Waals surface area contributed by atoms with Crippen LogP contribution in [0.1, 0.15) is 6.92 Å². The smallest absolute Gasteiger partial charge is 0.145 e. The number of ether oxygens (including phenoxy) is 2. The molecule has 0 amide bonds. The SMILES string of the molecule is CC1(COc2ccc(-c3cc(N)n[nH]3)cc2)COC1. The van der Waals surface area contributed by atoms with Crippen molar-refractivity contribution >= 4 is 5.82 Å². The molecule has 0 radical (unpaired) electrons. The topological polar surface area (TPSA) is 73.2 Å². The molecule has 0 spiro atoms. The zero-order chi connectivity index (χ0) is 13.3. The second kappa shape index (κ2) is 4.59. The summed E-state index contributed by atoms with van der Waals surface area (Å²) in [5.41, 5.74) is 7.69. The van der Waals surface area contributed by atoms with Crippen molar-refractivity contribution in [1.29, 1.82) is 0 Å². The molecule has 0 unspecified atom stereocenters. The predicted molar refractivity (Wildman–Crippen MR) is 72.9 cm³/mol. The minimum Gasteiger partial charge on any atom is -0.493 e. The molecule has 3 rings (SSSR count). The van der Waals surface area contributed by atoms with Crippen LogP contribution in [0, 0.1) is 5.41 Å². The number of benzene rings is 1. The maximum Gasteiger partial charge on any atom is 0.145 e. The van der Waals surface area contributed by atoms with Gasteiger partial charge in [0, 0.05) is 11.5 Å². The van der Waals surface area contributed by atoms with Crippen molar-refractivity contribution in [2.24, 2.45) is 5.41 Å². The standard InChI is InChI=1S/C14H17N3O2/c1-14(7-18-8-14)9-19-11-4-2-10(3-5-11)12-6-13(15)17-16-12/h2-6H,7-9H2,1H3,(H3,15,16,17). The molecule has 3 N–H and O–H groups in total. The molecule has 100 valence electrons. The number of nitrogens with one attached hydrogen (secondary N) is 1. The van der Waals surface area contributed by atoms with E-state index in [0.717, 1.165) is 30.2 Å². The van der Waals surface area contributed by atoms with Gasteiger partial charge in [-0.1, -0.05) is 6.92 Å². The van der Waals surface area contributed by atoms with Crippen molar-refractivity contribution < 1.29 is 9.47 Å². The summed E-state index contributed by atoms with van der Waals surface area (Å²) in [4.78, 5) is 0. The minimum atomic E-state index is 0.163. The zero-order valence-electron chi connectivity index (χ0n) is 10.8. The van der Waals surface area contributed by atoms with Gasteiger partial charge in [-0.3, -0.25) is 5.10 Å². The summed E-state index contributed by atoms with van der Waals surface area (Å²) in [6.45, 7) is 4.40. The van der Waals surface area contributed by atoms with Gasteiger partial charge in [-0.15, -0.1) is 0 Å². The summed E-state index contributed by atoms with van der Waals surface area (Å²) >= 11 is 0. The van der Waals surface area contributed by atoms with Gasteiger partial charge in [0.1, 0.15) is 11.6 Å². The van der Waals surface area contributed by atoms with Crippen LogP contribution in [0.15, 0.2) is 30.3 Å². The molecule has 1 saturated heterocycles. The Kier molecular flexibility index (Phi) is 2.91. The number of nitrogen functional groups attached to an aromatic ring is 1. The highest BCUT2D eigenvalue weighted by atomic mass is 16.5. The zero-order valence-corrected chi connectivity index (χ0v) is 10.8. The molecule has 0 bridgehead atoms. The molecular formula is C14H17N3O2. The largest absolute Gasteiger partial charge is 0.493 e. The number of nitrogens with zero attached hydrogens (tertiary/aromatic N) is 1. The van der Waals surface area contributed by atoms with E-state index >= 15 is 0 Å². The first-order valence-corrected chi connectivity index (χ1v) is 6.27. The van der Waals surface area contributed by atoms with E-state index in [1.54, 1.807) is 0 Å². The van der Waals surface area contributed by atoms with Crippen molar-refractivity contribution in [3.63, 3.8) is 0 Å². The molecule has 1 aromatic heterocycles. The lowest BCUT2D eigenvalue weighted by Gasteiger charge is -2.37. The molecule has 1 aliphatic heterocycles. The van der Waals surface area contributed by atoms with E-state index in [0.29, 0.717) is 12.4 Å². The van der Waals surface area contributed by atoms with Crippen molar-refractivity contribution in [2.75, 3.05) is 25.6 Å². The van der Waals surface area contributed by atoms with Crippen LogP contribution in [0.3, 0.4) is 0 Å². The molecule has 1 aromatic carbocycles. The number of hydrogen-bond donors (Lipinski definition) is 2. The Morgan fingerprint density at radius 1 is 1.37 bits per heavy atom. The van der Waals surface area contributed by atoms with Gasteiger partial charge in [-0.2, -0.15) is 5.10 Å². The average Bonchev–Trinajstić information content (AvgIpc) is 2.81. The summed E-state index contributed by atoms with van der Waals surface area (Å²) in [7, 11) is 0. The van der Waals surface area contributed by atoms with Gasteiger partial charge in [0.25, 0.3) is 0 Å². The van der Waals surface area contributed by atoms with E-state index in [-0.39, 0.29) is 5.41 Å². The van der Waals surface area contributed by atoms with E-state index in [9.17, 15) is 0 Å². The number of aromatic amines is 1. The lowest BCUT2D eigenvalue weighted by Crippen LogP contribution is -2.44. The molecule has 0 saturated carbocycles. The second-order valence-electron chi connectivity index (χ2n) is 5.32. The van der Waals surface area contributed by atoms with Crippen LogP contribution in [0.4, 0.5) is 5.82 Å². The van der Waals surface area contributed by atoms with Crippen LogP contribution < -0.4 is 10.5 Å². The molecular weight excluding hydrogens is 242 g/mol. The average molecular weight is 259 g/mol. The molecule has 0 aliphatic carbocycles. The normalized spacial score (nSPS) is 16.9. The number of aromatic nitrogens is 2. The second-order valence-corrected chi connectivity index (χ2v) is 5.32. The Hall–Kier alpha value is -2.01. The third-order valence-corrected chi connectivity index (χ3v) is 3.25. The Bertz CT molecular complexity index is 558. The van der Waals surface area contributed by atoms with E-state index < -0.39 is 0 Å². The summed E-state index contributed by atoms with van der Waals surface area (Å²) < 4.78 is 11.0. The van der Waals surface area contributed by atoms with Crippen molar-refractivity contribution in [3.8, 4) is 17.0 Å². The van der Waals surface area contributed by atoms with Gasteiger partial charge in [-0.25, -0.2) is 0 Å². The number of nitrogens with two attached hydrogens (primary N) is 1. The van der Waals surface area contributed by atoms with Gasteiger partial charge >= 0.3 is 0 Å². The molecule has 5 heteroatoms. The van der Waals surface area contributed by atoms with Gasteiger partial charge in [0.2, 0.25) is 0 Å². The van der Waals surface area contributed by atoms with Gasteiger partial charge in [-0.05, 0) is 29.8 Å².